The van der Waals surface area contributed by atoms with Gasteiger partial charge < -0.3 is 0 Å². The average molecular weight is 260 g/mol. The Morgan fingerprint density at radius 3 is 2.40 bits per heavy atom. The van der Waals surface area contributed by atoms with Crippen LogP contribution in [0.1, 0.15) is 5.56 Å². The number of fused-ring (bicyclic) bond motifs is 1. The van der Waals surface area contributed by atoms with Crippen molar-refractivity contribution < 1.29 is 0 Å². The first-order chi connectivity index (χ1) is 9.92. The molecule has 98 valence electrons. The second kappa shape index (κ2) is 6.02. The molecule has 1 N–H and O–H groups in total. The van der Waals surface area contributed by atoms with Crippen molar-refractivity contribution in [3.63, 3.8) is 0 Å². The van der Waals surface area contributed by atoms with Gasteiger partial charge >= 0.3 is 0 Å². The minimum atomic E-state index is 0.835. The normalized spacial score (nSPS) is 11.0. The number of nitrogens with one attached hydrogen (secondary N) is 1. The van der Waals surface area contributed by atoms with Gasteiger partial charge in [-0.15, -0.1) is 0 Å². The second-order valence-electron chi connectivity index (χ2n) is 4.68. The summed E-state index contributed by atoms with van der Waals surface area (Å²) in [7, 11) is 0. The first-order valence-corrected chi connectivity index (χ1v) is 6.72. The van der Waals surface area contributed by atoms with Crippen molar-refractivity contribution in [2.45, 2.75) is 6.42 Å². The van der Waals surface area contributed by atoms with Gasteiger partial charge in [-0.1, -0.05) is 60.7 Å². The zero-order chi connectivity index (χ0) is 13.6. The highest BCUT2D eigenvalue weighted by molar-refractivity contribution is 5.85. The highest BCUT2D eigenvalue weighted by Crippen LogP contribution is 2.18. The lowest BCUT2D eigenvalue weighted by Gasteiger charge is -2.02. The Labute approximate surface area is 118 Å². The molecule has 0 spiro atoms. The molecule has 0 saturated heterocycles. The summed E-state index contributed by atoms with van der Waals surface area (Å²) < 4.78 is 0. The SMILES string of the molecule is C(Cc1ccccc1)=NNc1ccc2ccccc2c1. The molecule has 0 aliphatic rings. The van der Waals surface area contributed by atoms with Crippen LogP contribution in [0.15, 0.2) is 77.9 Å². The smallest absolute Gasteiger partial charge is 0.0568 e. The molecule has 0 radical (unpaired) electrons. The molecule has 3 aromatic carbocycles. The molecule has 0 aromatic heterocycles. The van der Waals surface area contributed by atoms with E-state index in [1.54, 1.807) is 0 Å². The van der Waals surface area contributed by atoms with E-state index in [4.69, 9.17) is 0 Å². The lowest BCUT2D eigenvalue weighted by molar-refractivity contribution is 1.29. The Morgan fingerprint density at radius 1 is 0.800 bits per heavy atom. The fourth-order valence-corrected chi connectivity index (χ4v) is 2.14. The molecule has 0 fully saturated rings. The minimum absolute atomic E-state index is 0.835. The highest BCUT2D eigenvalue weighted by atomic mass is 15.3. The molecule has 0 aliphatic carbocycles. The topological polar surface area (TPSA) is 24.4 Å². The molecule has 0 atom stereocenters. The van der Waals surface area contributed by atoms with E-state index < -0.39 is 0 Å². The number of anilines is 1. The molecular weight excluding hydrogens is 244 g/mol. The van der Waals surface area contributed by atoms with Gasteiger partial charge in [0.15, 0.2) is 0 Å². The lowest BCUT2D eigenvalue weighted by atomic mass is 10.1. The Bertz CT molecular complexity index is 718. The van der Waals surface area contributed by atoms with E-state index >= 15 is 0 Å². The zero-order valence-corrected chi connectivity index (χ0v) is 11.2. The van der Waals surface area contributed by atoms with Crippen LogP contribution in [0.2, 0.25) is 0 Å². The summed E-state index contributed by atoms with van der Waals surface area (Å²) in [5.74, 6) is 0. The van der Waals surface area contributed by atoms with E-state index in [0.29, 0.717) is 0 Å². The van der Waals surface area contributed by atoms with Crippen molar-refractivity contribution in [3.05, 3.63) is 78.4 Å². The molecule has 3 rings (SSSR count). The molecule has 0 aliphatic heterocycles. The second-order valence-corrected chi connectivity index (χ2v) is 4.68. The van der Waals surface area contributed by atoms with Gasteiger partial charge in [-0.3, -0.25) is 5.43 Å². The maximum absolute atomic E-state index is 4.27. The van der Waals surface area contributed by atoms with Crippen molar-refractivity contribution >= 4 is 22.7 Å². The molecule has 20 heavy (non-hydrogen) atoms. The first-order valence-electron chi connectivity index (χ1n) is 6.72. The van der Waals surface area contributed by atoms with Gasteiger partial charge in [0, 0.05) is 12.6 Å². The van der Waals surface area contributed by atoms with Crippen molar-refractivity contribution in [1.82, 2.24) is 0 Å². The summed E-state index contributed by atoms with van der Waals surface area (Å²) in [5, 5.41) is 6.73. The molecule has 0 unspecified atom stereocenters. The van der Waals surface area contributed by atoms with Crippen LogP contribution in [0, 0.1) is 0 Å². The van der Waals surface area contributed by atoms with E-state index in [2.05, 4.69) is 46.9 Å². The predicted molar refractivity (Wildman–Crippen MR) is 86.2 cm³/mol. The third-order valence-corrected chi connectivity index (χ3v) is 3.20. The fraction of sp³-hybridized carbons (Fsp3) is 0.0556. The molecule has 0 bridgehead atoms. The summed E-state index contributed by atoms with van der Waals surface area (Å²) in [5.41, 5.74) is 5.34. The number of nitrogens with zero attached hydrogens (tertiary/aromatic N) is 1. The Kier molecular flexibility index (Phi) is 3.74. The van der Waals surface area contributed by atoms with Crippen molar-refractivity contribution in [1.29, 1.82) is 0 Å². The van der Waals surface area contributed by atoms with Crippen molar-refractivity contribution in [2.24, 2.45) is 5.10 Å². The van der Waals surface area contributed by atoms with Gasteiger partial charge in [0.2, 0.25) is 0 Å². The number of rotatable bonds is 4. The molecule has 0 heterocycles. The Hall–Kier alpha value is -2.61. The fourth-order valence-electron chi connectivity index (χ4n) is 2.14. The van der Waals surface area contributed by atoms with Crippen LogP contribution < -0.4 is 5.43 Å². The standard InChI is InChI=1S/C18H16N2/c1-2-6-15(7-3-1)12-13-19-20-18-11-10-16-8-4-5-9-17(16)14-18/h1-11,13-14,20H,12H2. The van der Waals surface area contributed by atoms with Crippen LogP contribution in [0.25, 0.3) is 10.8 Å². The lowest BCUT2D eigenvalue weighted by Crippen LogP contribution is -1.92. The largest absolute Gasteiger partial charge is 0.279 e. The molecule has 2 heteroatoms. The summed E-state index contributed by atoms with van der Waals surface area (Å²) in [6.45, 7) is 0. The Morgan fingerprint density at radius 2 is 1.55 bits per heavy atom. The third kappa shape index (κ3) is 3.04. The molecular formula is C18H16N2. The average Bonchev–Trinajstić information content (AvgIpc) is 2.52. The van der Waals surface area contributed by atoms with Crippen LogP contribution in [0.3, 0.4) is 0 Å². The number of hydrazone groups is 1. The highest BCUT2D eigenvalue weighted by Gasteiger charge is 1.94. The van der Waals surface area contributed by atoms with Crippen LogP contribution in [0.5, 0.6) is 0 Å². The summed E-state index contributed by atoms with van der Waals surface area (Å²) >= 11 is 0. The predicted octanol–water partition coefficient (Wildman–Crippen LogP) is 4.48. The van der Waals surface area contributed by atoms with Crippen molar-refractivity contribution in [2.75, 3.05) is 5.43 Å². The summed E-state index contributed by atoms with van der Waals surface area (Å²) in [4.78, 5) is 0. The van der Waals surface area contributed by atoms with Gasteiger partial charge in [-0.2, -0.15) is 5.10 Å². The maximum atomic E-state index is 4.27. The molecule has 2 nitrogen and oxygen atoms in total. The number of hydrogen-bond acceptors (Lipinski definition) is 2. The van der Waals surface area contributed by atoms with Gasteiger partial charge in [0.25, 0.3) is 0 Å². The van der Waals surface area contributed by atoms with E-state index in [0.717, 1.165) is 12.1 Å². The molecule has 3 aromatic rings. The van der Waals surface area contributed by atoms with E-state index in [1.807, 2.05) is 42.6 Å². The van der Waals surface area contributed by atoms with E-state index in [9.17, 15) is 0 Å². The van der Waals surface area contributed by atoms with E-state index in [1.165, 1.54) is 16.3 Å². The van der Waals surface area contributed by atoms with Crippen LogP contribution in [-0.4, -0.2) is 6.21 Å². The van der Waals surface area contributed by atoms with Crippen LogP contribution in [0.4, 0.5) is 5.69 Å². The van der Waals surface area contributed by atoms with Gasteiger partial charge in [0.05, 0.1) is 5.69 Å². The molecule has 0 saturated carbocycles. The van der Waals surface area contributed by atoms with Gasteiger partial charge in [0.1, 0.15) is 0 Å². The van der Waals surface area contributed by atoms with Gasteiger partial charge in [-0.25, -0.2) is 0 Å². The minimum Gasteiger partial charge on any atom is -0.279 e. The maximum Gasteiger partial charge on any atom is 0.0568 e. The number of hydrogen-bond donors (Lipinski definition) is 1. The third-order valence-electron chi connectivity index (χ3n) is 3.20. The Balaban J connectivity index is 1.65. The van der Waals surface area contributed by atoms with Crippen LogP contribution >= 0.6 is 0 Å². The quantitative estimate of drug-likeness (QED) is 0.543. The summed E-state index contributed by atoms with van der Waals surface area (Å²) in [6, 6.07) is 24.9. The first kappa shape index (κ1) is 12.4. The zero-order valence-electron chi connectivity index (χ0n) is 11.2. The van der Waals surface area contributed by atoms with Gasteiger partial charge in [-0.05, 0) is 28.5 Å². The van der Waals surface area contributed by atoms with Crippen LogP contribution in [-0.2, 0) is 6.42 Å². The molecule has 0 amide bonds. The van der Waals surface area contributed by atoms with Crippen molar-refractivity contribution in [3.8, 4) is 0 Å². The summed E-state index contributed by atoms with van der Waals surface area (Å²) in [6.07, 6.45) is 2.73. The van der Waals surface area contributed by atoms with E-state index in [-0.39, 0.29) is 0 Å². The monoisotopic (exact) mass is 260 g/mol. The number of benzene rings is 3.